The summed E-state index contributed by atoms with van der Waals surface area (Å²) in [4.78, 5) is 13.8. The minimum Gasteiger partial charge on any atom is -0.394 e. The van der Waals surface area contributed by atoms with Crippen molar-refractivity contribution in [3.05, 3.63) is 0 Å². The first kappa shape index (κ1) is 12.5. The molecule has 0 aliphatic carbocycles. The quantitative estimate of drug-likeness (QED) is 0.751. The van der Waals surface area contributed by atoms with Crippen LogP contribution in [0.5, 0.6) is 0 Å². The molecule has 0 aromatic carbocycles. The zero-order valence-corrected chi connectivity index (χ0v) is 9.99. The molecule has 1 aliphatic heterocycles. The lowest BCUT2D eigenvalue weighted by molar-refractivity contribution is -0.153. The van der Waals surface area contributed by atoms with Crippen molar-refractivity contribution in [1.29, 1.82) is 0 Å². The molecule has 4 nitrogen and oxygen atoms in total. The van der Waals surface area contributed by atoms with E-state index in [1.54, 1.807) is 18.7 Å². The monoisotopic (exact) mass is 215 g/mol. The van der Waals surface area contributed by atoms with Crippen molar-refractivity contribution in [3.63, 3.8) is 0 Å². The second-order valence-electron chi connectivity index (χ2n) is 4.73. The number of aliphatic hydroxyl groups is 1. The highest BCUT2D eigenvalue weighted by atomic mass is 16.5. The molecular weight excluding hydrogens is 194 g/mol. The number of methoxy groups -OCH3 is 1. The van der Waals surface area contributed by atoms with Crippen LogP contribution in [0.4, 0.5) is 0 Å². The second-order valence-corrected chi connectivity index (χ2v) is 4.73. The summed E-state index contributed by atoms with van der Waals surface area (Å²) < 4.78 is 5.17. The van der Waals surface area contributed by atoms with E-state index in [2.05, 4.69) is 6.92 Å². The maximum atomic E-state index is 12.1. The number of ether oxygens (including phenoxy) is 1. The Labute approximate surface area is 91.2 Å². The van der Waals surface area contributed by atoms with Gasteiger partial charge in [0.15, 0.2) is 0 Å². The minimum atomic E-state index is -0.794. The molecule has 1 aliphatic rings. The molecule has 0 aromatic rings. The van der Waals surface area contributed by atoms with Crippen LogP contribution in [0, 0.1) is 5.92 Å². The molecule has 1 rings (SSSR count). The first-order valence-electron chi connectivity index (χ1n) is 5.41. The summed E-state index contributed by atoms with van der Waals surface area (Å²) in [7, 11) is 1.53. The number of hydrogen-bond donors (Lipinski definition) is 1. The van der Waals surface area contributed by atoms with Gasteiger partial charge in [-0.25, -0.2) is 0 Å². The molecule has 1 fully saturated rings. The molecule has 2 unspecified atom stereocenters. The molecule has 15 heavy (non-hydrogen) atoms. The van der Waals surface area contributed by atoms with Gasteiger partial charge < -0.3 is 14.7 Å². The first-order chi connectivity index (χ1) is 6.94. The Morgan fingerprint density at radius 3 is 2.67 bits per heavy atom. The van der Waals surface area contributed by atoms with Crippen LogP contribution >= 0.6 is 0 Å². The van der Waals surface area contributed by atoms with Gasteiger partial charge >= 0.3 is 0 Å². The molecule has 0 spiro atoms. The van der Waals surface area contributed by atoms with E-state index in [1.807, 2.05) is 0 Å². The van der Waals surface area contributed by atoms with Gasteiger partial charge in [-0.3, -0.25) is 4.79 Å². The number of amides is 1. The smallest absolute Gasteiger partial charge is 0.254 e. The van der Waals surface area contributed by atoms with E-state index < -0.39 is 5.60 Å². The van der Waals surface area contributed by atoms with Crippen LogP contribution in [0.25, 0.3) is 0 Å². The molecular formula is C11H21NO3. The average molecular weight is 215 g/mol. The van der Waals surface area contributed by atoms with Gasteiger partial charge in [-0.15, -0.1) is 0 Å². The van der Waals surface area contributed by atoms with Crippen LogP contribution in [0.3, 0.4) is 0 Å². The SMILES string of the molecule is COC(C)(C)C(=O)N1CCC(C)C1CO. The third-order valence-corrected chi connectivity index (χ3v) is 3.36. The van der Waals surface area contributed by atoms with Crippen molar-refractivity contribution < 1.29 is 14.6 Å². The topological polar surface area (TPSA) is 49.8 Å². The van der Waals surface area contributed by atoms with Gasteiger partial charge in [-0.1, -0.05) is 6.92 Å². The third-order valence-electron chi connectivity index (χ3n) is 3.36. The average Bonchev–Trinajstić information content (AvgIpc) is 2.58. The van der Waals surface area contributed by atoms with Gasteiger partial charge in [0, 0.05) is 13.7 Å². The number of aliphatic hydroxyl groups excluding tert-OH is 1. The Bertz CT molecular complexity index is 240. The van der Waals surface area contributed by atoms with Crippen molar-refractivity contribution in [2.75, 3.05) is 20.3 Å². The number of carbonyl (C=O) groups excluding carboxylic acids is 1. The fraction of sp³-hybridized carbons (Fsp3) is 0.909. The van der Waals surface area contributed by atoms with E-state index >= 15 is 0 Å². The molecule has 0 saturated carbocycles. The molecule has 0 bridgehead atoms. The molecule has 88 valence electrons. The number of likely N-dealkylation sites (tertiary alicyclic amines) is 1. The predicted octanol–water partition coefficient (Wildman–Crippen LogP) is 0.641. The highest BCUT2D eigenvalue weighted by Gasteiger charge is 2.40. The van der Waals surface area contributed by atoms with Crippen LogP contribution < -0.4 is 0 Å². The lowest BCUT2D eigenvalue weighted by Gasteiger charge is -2.32. The molecule has 1 N–H and O–H groups in total. The van der Waals surface area contributed by atoms with Crippen molar-refractivity contribution in [2.24, 2.45) is 5.92 Å². The van der Waals surface area contributed by atoms with Crippen LogP contribution in [-0.4, -0.2) is 47.8 Å². The molecule has 1 amide bonds. The molecule has 0 radical (unpaired) electrons. The van der Waals surface area contributed by atoms with Gasteiger partial charge in [0.05, 0.1) is 12.6 Å². The summed E-state index contributed by atoms with van der Waals surface area (Å²) in [6.45, 7) is 6.33. The standard InChI is InChI=1S/C11H21NO3/c1-8-5-6-12(9(8)7-13)10(14)11(2,3)15-4/h8-9,13H,5-7H2,1-4H3. The Hall–Kier alpha value is -0.610. The number of hydrogen-bond acceptors (Lipinski definition) is 3. The predicted molar refractivity (Wildman–Crippen MR) is 57.5 cm³/mol. The van der Waals surface area contributed by atoms with Crippen LogP contribution in [-0.2, 0) is 9.53 Å². The maximum absolute atomic E-state index is 12.1. The fourth-order valence-corrected chi connectivity index (χ4v) is 1.97. The lowest BCUT2D eigenvalue weighted by Crippen LogP contribution is -2.50. The summed E-state index contributed by atoms with van der Waals surface area (Å²) in [5, 5.41) is 9.26. The molecule has 0 aromatic heterocycles. The van der Waals surface area contributed by atoms with Crippen molar-refractivity contribution in [3.8, 4) is 0 Å². The summed E-state index contributed by atoms with van der Waals surface area (Å²) in [6, 6.07) is -0.0491. The van der Waals surface area contributed by atoms with Crippen LogP contribution in [0.2, 0.25) is 0 Å². The van der Waals surface area contributed by atoms with Gasteiger partial charge in [0.2, 0.25) is 0 Å². The highest BCUT2D eigenvalue weighted by Crippen LogP contribution is 2.26. The Kier molecular flexibility index (Phi) is 3.73. The molecule has 4 heteroatoms. The van der Waals surface area contributed by atoms with Crippen molar-refractivity contribution in [2.45, 2.75) is 38.8 Å². The second kappa shape index (κ2) is 4.49. The number of carbonyl (C=O) groups is 1. The van der Waals surface area contributed by atoms with Gasteiger partial charge in [0.25, 0.3) is 5.91 Å². The van der Waals surface area contributed by atoms with E-state index in [9.17, 15) is 9.90 Å². The number of rotatable bonds is 3. The fourth-order valence-electron chi connectivity index (χ4n) is 1.97. The van der Waals surface area contributed by atoms with E-state index in [0.717, 1.165) is 13.0 Å². The Balaban J connectivity index is 2.76. The zero-order chi connectivity index (χ0) is 11.6. The van der Waals surface area contributed by atoms with Crippen LogP contribution in [0.15, 0.2) is 0 Å². The van der Waals surface area contributed by atoms with Crippen LogP contribution in [0.1, 0.15) is 27.2 Å². The summed E-state index contributed by atoms with van der Waals surface area (Å²) in [6.07, 6.45) is 0.955. The third kappa shape index (κ3) is 2.32. The maximum Gasteiger partial charge on any atom is 0.254 e. The molecule has 2 atom stereocenters. The highest BCUT2D eigenvalue weighted by molar-refractivity contribution is 5.85. The van der Waals surface area contributed by atoms with Crippen molar-refractivity contribution >= 4 is 5.91 Å². The van der Waals surface area contributed by atoms with Gasteiger partial charge in [0.1, 0.15) is 5.60 Å². The Morgan fingerprint density at radius 2 is 2.20 bits per heavy atom. The number of nitrogens with zero attached hydrogens (tertiary/aromatic N) is 1. The van der Waals surface area contributed by atoms with Gasteiger partial charge in [-0.2, -0.15) is 0 Å². The summed E-state index contributed by atoms with van der Waals surface area (Å²) in [5.74, 6) is 0.333. The van der Waals surface area contributed by atoms with E-state index in [-0.39, 0.29) is 18.6 Å². The minimum absolute atomic E-state index is 0.0339. The van der Waals surface area contributed by atoms with Crippen molar-refractivity contribution in [1.82, 2.24) is 4.90 Å². The molecule has 1 saturated heterocycles. The summed E-state index contributed by atoms with van der Waals surface area (Å²) >= 11 is 0. The molecule has 1 heterocycles. The van der Waals surface area contributed by atoms with Gasteiger partial charge in [-0.05, 0) is 26.2 Å². The summed E-state index contributed by atoms with van der Waals surface area (Å²) in [5.41, 5.74) is -0.794. The van der Waals surface area contributed by atoms with E-state index in [1.165, 1.54) is 7.11 Å². The normalized spacial score (nSPS) is 27.1. The van der Waals surface area contributed by atoms with E-state index in [4.69, 9.17) is 4.74 Å². The Morgan fingerprint density at radius 1 is 1.60 bits per heavy atom. The first-order valence-corrected chi connectivity index (χ1v) is 5.41. The van der Waals surface area contributed by atoms with E-state index in [0.29, 0.717) is 5.92 Å². The largest absolute Gasteiger partial charge is 0.394 e. The lowest BCUT2D eigenvalue weighted by atomic mass is 10.0. The zero-order valence-electron chi connectivity index (χ0n) is 9.99.